The van der Waals surface area contributed by atoms with Crippen LogP contribution in [0.3, 0.4) is 0 Å². The van der Waals surface area contributed by atoms with Crippen molar-refractivity contribution in [2.45, 2.75) is 19.6 Å². The molecule has 2 rings (SSSR count). The molecule has 0 N–H and O–H groups in total. The highest BCUT2D eigenvalue weighted by molar-refractivity contribution is 6.04. The van der Waals surface area contributed by atoms with Gasteiger partial charge in [0.15, 0.2) is 5.78 Å². The second-order valence-corrected chi connectivity index (χ2v) is 4.21. The van der Waals surface area contributed by atoms with E-state index >= 15 is 0 Å². The zero-order valence-corrected chi connectivity index (χ0v) is 11.0. The molecule has 22 heavy (non-hydrogen) atoms. The van der Waals surface area contributed by atoms with Gasteiger partial charge >= 0.3 is 18.1 Å². The van der Waals surface area contributed by atoms with Gasteiger partial charge in [0.2, 0.25) is 0 Å². The van der Waals surface area contributed by atoms with Crippen LogP contribution in [0.4, 0.5) is 13.2 Å². The minimum Gasteiger partial charge on any atom is -0.385 e. The number of halogens is 3. The van der Waals surface area contributed by atoms with Crippen LogP contribution in [0.25, 0.3) is 10.9 Å². The molecule has 0 radical (unpaired) electrons. The number of hydrogen-bond donors (Lipinski definition) is 0. The number of aromatic nitrogens is 3. The van der Waals surface area contributed by atoms with Crippen molar-refractivity contribution in [1.82, 2.24) is 14.8 Å². The monoisotopic (exact) mass is 315 g/mol. The average molecular weight is 315 g/mol. The number of Topliss-reactive ketones (excluding diaryl/α,β-unsaturated/α-hetero) is 1. The standard InChI is InChI=1S/C12H8F3N3O4/c1-6(19)10-7-2-3-16-4-8(7)18(17-10)5-9(20)22-11(21)12(13,14)15/h2-4H,5H2,1H3. The van der Waals surface area contributed by atoms with Crippen molar-refractivity contribution in [3.8, 4) is 0 Å². The van der Waals surface area contributed by atoms with Crippen LogP contribution < -0.4 is 0 Å². The van der Waals surface area contributed by atoms with Crippen LogP contribution >= 0.6 is 0 Å². The van der Waals surface area contributed by atoms with E-state index in [0.29, 0.717) is 5.39 Å². The lowest BCUT2D eigenvalue weighted by Crippen LogP contribution is -2.29. The van der Waals surface area contributed by atoms with E-state index in [-0.39, 0.29) is 11.2 Å². The zero-order chi connectivity index (χ0) is 16.5. The largest absolute Gasteiger partial charge is 0.491 e. The lowest BCUT2D eigenvalue weighted by molar-refractivity contribution is -0.202. The number of rotatable bonds is 3. The lowest BCUT2D eigenvalue weighted by Gasteiger charge is -2.06. The molecule has 2 aromatic rings. The highest BCUT2D eigenvalue weighted by Crippen LogP contribution is 2.19. The first kappa shape index (κ1) is 15.6. The third-order valence-corrected chi connectivity index (χ3v) is 2.60. The Balaban J connectivity index is 2.27. The van der Waals surface area contributed by atoms with E-state index in [0.717, 1.165) is 4.68 Å². The molecule has 10 heteroatoms. The van der Waals surface area contributed by atoms with Crippen LogP contribution in [0.2, 0.25) is 0 Å². The summed E-state index contributed by atoms with van der Waals surface area (Å²) < 4.78 is 40.6. The number of ether oxygens (including phenoxy) is 1. The summed E-state index contributed by atoms with van der Waals surface area (Å²) in [5.74, 6) is -4.46. The molecule has 7 nitrogen and oxygen atoms in total. The van der Waals surface area contributed by atoms with Crippen molar-refractivity contribution in [3.63, 3.8) is 0 Å². The van der Waals surface area contributed by atoms with Gasteiger partial charge in [-0.05, 0) is 6.07 Å². The fourth-order valence-electron chi connectivity index (χ4n) is 1.72. The average Bonchev–Trinajstić information content (AvgIpc) is 2.77. The van der Waals surface area contributed by atoms with E-state index in [2.05, 4.69) is 14.8 Å². The number of alkyl halides is 3. The maximum atomic E-state index is 12.0. The molecule has 2 heterocycles. The van der Waals surface area contributed by atoms with E-state index in [1.165, 1.54) is 25.4 Å². The maximum Gasteiger partial charge on any atom is 0.491 e. The number of ketones is 1. The Morgan fingerprint density at radius 3 is 2.59 bits per heavy atom. The number of hydrogen-bond acceptors (Lipinski definition) is 6. The quantitative estimate of drug-likeness (QED) is 0.481. The second-order valence-electron chi connectivity index (χ2n) is 4.21. The van der Waals surface area contributed by atoms with Gasteiger partial charge in [-0.15, -0.1) is 0 Å². The van der Waals surface area contributed by atoms with Crippen molar-refractivity contribution in [2.24, 2.45) is 0 Å². The van der Waals surface area contributed by atoms with E-state index < -0.39 is 30.4 Å². The summed E-state index contributed by atoms with van der Waals surface area (Å²) in [5, 5.41) is 4.22. The van der Waals surface area contributed by atoms with Crippen molar-refractivity contribution < 1.29 is 32.3 Å². The van der Waals surface area contributed by atoms with Crippen molar-refractivity contribution >= 4 is 28.6 Å². The molecule has 0 spiro atoms. The second kappa shape index (κ2) is 5.54. The van der Waals surface area contributed by atoms with Crippen LogP contribution in [-0.4, -0.2) is 38.7 Å². The molecule has 0 aliphatic heterocycles. The molecule has 0 saturated heterocycles. The summed E-state index contributed by atoms with van der Waals surface area (Å²) in [6.07, 6.45) is -2.59. The molecule has 0 unspecified atom stereocenters. The lowest BCUT2D eigenvalue weighted by atomic mass is 10.2. The first-order chi connectivity index (χ1) is 10.2. The van der Waals surface area contributed by atoms with E-state index in [1.54, 1.807) is 0 Å². The Kier molecular flexibility index (Phi) is 3.93. The van der Waals surface area contributed by atoms with Gasteiger partial charge < -0.3 is 4.74 Å². The SMILES string of the molecule is CC(=O)c1nn(CC(=O)OC(=O)C(F)(F)F)c2cnccc12. The molecule has 2 aromatic heterocycles. The minimum atomic E-state index is -5.27. The molecular weight excluding hydrogens is 307 g/mol. The summed E-state index contributed by atoms with van der Waals surface area (Å²) >= 11 is 0. The number of nitrogens with zero attached hydrogens (tertiary/aromatic N) is 3. The molecule has 0 atom stereocenters. The van der Waals surface area contributed by atoms with Gasteiger partial charge in [-0.1, -0.05) is 0 Å². The molecule has 0 aliphatic rings. The first-order valence-electron chi connectivity index (χ1n) is 5.83. The smallest absolute Gasteiger partial charge is 0.385 e. The number of pyridine rings is 1. The van der Waals surface area contributed by atoms with Crippen LogP contribution in [0.1, 0.15) is 17.4 Å². The molecule has 0 amide bonds. The molecule has 0 saturated carbocycles. The number of esters is 2. The third kappa shape index (κ3) is 3.10. The van der Waals surface area contributed by atoms with Crippen molar-refractivity contribution in [2.75, 3.05) is 0 Å². The van der Waals surface area contributed by atoms with Gasteiger partial charge in [-0.3, -0.25) is 14.5 Å². The zero-order valence-electron chi connectivity index (χ0n) is 11.0. The third-order valence-electron chi connectivity index (χ3n) is 2.60. The van der Waals surface area contributed by atoms with Gasteiger partial charge in [0.1, 0.15) is 12.2 Å². The van der Waals surface area contributed by atoms with Gasteiger partial charge in [-0.2, -0.15) is 18.3 Å². The first-order valence-corrected chi connectivity index (χ1v) is 5.83. The highest BCUT2D eigenvalue weighted by Gasteiger charge is 2.42. The fraction of sp³-hybridized carbons (Fsp3) is 0.250. The number of carbonyl (C=O) groups excluding carboxylic acids is 3. The van der Waals surface area contributed by atoms with Gasteiger partial charge in [0, 0.05) is 18.5 Å². The van der Waals surface area contributed by atoms with Crippen LogP contribution in [0.5, 0.6) is 0 Å². The normalized spacial score (nSPS) is 11.5. The summed E-state index contributed by atoms with van der Waals surface area (Å²) in [5.41, 5.74) is 0.288. The van der Waals surface area contributed by atoms with E-state index in [9.17, 15) is 27.6 Å². The highest BCUT2D eigenvalue weighted by atomic mass is 19.4. The molecule has 0 aliphatic carbocycles. The van der Waals surface area contributed by atoms with Gasteiger partial charge in [0.05, 0.1) is 11.7 Å². The van der Waals surface area contributed by atoms with E-state index in [4.69, 9.17) is 0 Å². The van der Waals surface area contributed by atoms with Crippen LogP contribution in [-0.2, 0) is 20.9 Å². The molecular formula is C12H8F3N3O4. The predicted octanol–water partition coefficient (Wildman–Crippen LogP) is 1.27. The summed E-state index contributed by atoms with van der Waals surface area (Å²) in [6, 6.07) is 1.47. The Bertz CT molecular complexity index is 767. The Hall–Kier alpha value is -2.78. The van der Waals surface area contributed by atoms with Crippen LogP contribution in [0.15, 0.2) is 18.5 Å². The predicted molar refractivity (Wildman–Crippen MR) is 64.7 cm³/mol. The van der Waals surface area contributed by atoms with Crippen molar-refractivity contribution in [1.29, 1.82) is 0 Å². The van der Waals surface area contributed by atoms with Gasteiger partial charge in [0.25, 0.3) is 0 Å². The summed E-state index contributed by atoms with van der Waals surface area (Å²) in [7, 11) is 0. The van der Waals surface area contributed by atoms with Crippen molar-refractivity contribution in [3.05, 3.63) is 24.2 Å². The Labute approximate surface area is 120 Å². The Morgan fingerprint density at radius 2 is 2.00 bits per heavy atom. The topological polar surface area (TPSA) is 91.1 Å². The Morgan fingerprint density at radius 1 is 1.32 bits per heavy atom. The molecule has 0 bridgehead atoms. The van der Waals surface area contributed by atoms with Crippen LogP contribution in [0, 0.1) is 0 Å². The molecule has 0 fully saturated rings. The summed E-state index contributed by atoms with van der Waals surface area (Å²) in [4.78, 5) is 37.2. The summed E-state index contributed by atoms with van der Waals surface area (Å²) in [6.45, 7) is 0.481. The number of fused-ring (bicyclic) bond motifs is 1. The maximum absolute atomic E-state index is 12.0. The minimum absolute atomic E-state index is 0.0346. The number of carbonyl (C=O) groups is 3. The molecule has 116 valence electrons. The van der Waals surface area contributed by atoms with Gasteiger partial charge in [-0.25, -0.2) is 9.59 Å². The van der Waals surface area contributed by atoms with E-state index in [1.807, 2.05) is 0 Å². The fourth-order valence-corrected chi connectivity index (χ4v) is 1.72. The molecule has 0 aromatic carbocycles.